The van der Waals surface area contributed by atoms with E-state index in [9.17, 15) is 5.11 Å². The van der Waals surface area contributed by atoms with Gasteiger partial charge in [0.25, 0.3) is 0 Å². The van der Waals surface area contributed by atoms with Gasteiger partial charge in [-0.2, -0.15) is 0 Å². The molecule has 1 unspecified atom stereocenters. The lowest BCUT2D eigenvalue weighted by molar-refractivity contribution is 0.236. The van der Waals surface area contributed by atoms with Crippen molar-refractivity contribution in [2.24, 2.45) is 0 Å². The molecule has 4 heteroatoms. The maximum absolute atomic E-state index is 10.1. The number of hydrogen-bond donors (Lipinski definition) is 1. The van der Waals surface area contributed by atoms with Crippen LogP contribution in [0.5, 0.6) is 0 Å². The third kappa shape index (κ3) is 4.45. The van der Waals surface area contributed by atoms with Crippen LogP contribution in [0.15, 0.2) is 30.3 Å². The highest BCUT2D eigenvalue weighted by Gasteiger charge is 2.52. The normalized spacial score (nSPS) is 25.4. The zero-order valence-electron chi connectivity index (χ0n) is 15.0. The van der Waals surface area contributed by atoms with Crippen molar-refractivity contribution in [1.82, 2.24) is 0 Å². The Hall–Kier alpha value is -1.12. The molecule has 1 aliphatic heterocycles. The van der Waals surface area contributed by atoms with Crippen molar-refractivity contribution in [2.75, 3.05) is 6.61 Å². The monoisotopic (exact) mass is 332 g/mol. The molecule has 0 amide bonds. The van der Waals surface area contributed by atoms with Gasteiger partial charge in [0.05, 0.1) is 6.61 Å². The molecule has 0 aromatic heterocycles. The zero-order valence-corrected chi connectivity index (χ0v) is 16.0. The second-order valence-corrected chi connectivity index (χ2v) is 12.7. The minimum atomic E-state index is -1.77. The third-order valence-corrected chi connectivity index (χ3v) is 9.42. The van der Waals surface area contributed by atoms with Crippen LogP contribution in [-0.2, 0) is 9.16 Å². The van der Waals surface area contributed by atoms with Gasteiger partial charge in [0.2, 0.25) is 0 Å². The van der Waals surface area contributed by atoms with E-state index in [2.05, 4.69) is 45.7 Å². The number of aliphatic hydroxyl groups is 1. The summed E-state index contributed by atoms with van der Waals surface area (Å²) >= 11 is 0. The fourth-order valence-corrected chi connectivity index (χ4v) is 3.00. The number of aliphatic hydroxyl groups excluding tert-OH is 1. The summed E-state index contributed by atoms with van der Waals surface area (Å²) in [5.74, 6) is 5.96. The first kappa shape index (κ1) is 18.2. The quantitative estimate of drug-likeness (QED) is 0.516. The minimum absolute atomic E-state index is 0.00732. The Morgan fingerprint density at radius 1 is 1.30 bits per heavy atom. The highest BCUT2D eigenvalue weighted by Crippen LogP contribution is 2.40. The summed E-state index contributed by atoms with van der Waals surface area (Å²) in [4.78, 5) is 0. The Balaban J connectivity index is 1.91. The van der Waals surface area contributed by atoms with Gasteiger partial charge in [0.15, 0.2) is 13.9 Å². The molecule has 126 valence electrons. The molecule has 0 radical (unpaired) electrons. The lowest BCUT2D eigenvalue weighted by Crippen LogP contribution is -2.42. The second kappa shape index (κ2) is 6.41. The summed E-state index contributed by atoms with van der Waals surface area (Å²) in [5, 5.41) is 10.3. The van der Waals surface area contributed by atoms with Crippen LogP contribution in [0, 0.1) is 11.8 Å². The van der Waals surface area contributed by atoms with Crippen LogP contribution >= 0.6 is 0 Å². The molecule has 1 heterocycles. The van der Waals surface area contributed by atoms with E-state index in [0.29, 0.717) is 6.61 Å². The Labute approximate surface area is 141 Å². The minimum Gasteiger partial charge on any atom is -0.414 e. The van der Waals surface area contributed by atoms with Crippen LogP contribution < -0.4 is 0 Å². The Kier molecular flexibility index (Phi) is 5.08. The molecule has 1 saturated heterocycles. The van der Waals surface area contributed by atoms with Gasteiger partial charge in [-0.1, -0.05) is 62.9 Å². The molecule has 1 fully saturated rings. The van der Waals surface area contributed by atoms with Crippen LogP contribution in [0.4, 0.5) is 0 Å². The molecule has 3 nitrogen and oxygen atoms in total. The van der Waals surface area contributed by atoms with Crippen LogP contribution in [0.1, 0.15) is 39.4 Å². The van der Waals surface area contributed by atoms with Gasteiger partial charge in [-0.05, 0) is 30.6 Å². The Morgan fingerprint density at radius 3 is 2.48 bits per heavy atom. The highest BCUT2D eigenvalue weighted by molar-refractivity contribution is 6.74. The van der Waals surface area contributed by atoms with Crippen LogP contribution in [0.25, 0.3) is 0 Å². The van der Waals surface area contributed by atoms with Gasteiger partial charge < -0.3 is 14.3 Å². The molecule has 0 spiro atoms. The summed E-state index contributed by atoms with van der Waals surface area (Å²) in [6.45, 7) is 13.7. The number of hydrogen-bond acceptors (Lipinski definition) is 3. The molecule has 3 atom stereocenters. The van der Waals surface area contributed by atoms with Crippen molar-refractivity contribution in [2.45, 2.75) is 63.6 Å². The molecule has 0 saturated carbocycles. The van der Waals surface area contributed by atoms with Crippen molar-refractivity contribution in [1.29, 1.82) is 0 Å². The molecule has 1 aromatic carbocycles. The molecule has 23 heavy (non-hydrogen) atoms. The predicted octanol–water partition coefficient (Wildman–Crippen LogP) is 3.90. The van der Waals surface area contributed by atoms with Gasteiger partial charge in [-0.25, -0.2) is 0 Å². The van der Waals surface area contributed by atoms with E-state index >= 15 is 0 Å². The standard InChI is InChI=1S/C19H28O3Si/c1-18(2,3)23(5,6)21-14-17-19(4,22-17)13-12-16(20)15-10-8-7-9-11-15/h7-11,16-17,20H,14H2,1-6H3/t16?,17-,19+/m1/s1. The molecule has 1 N–H and O–H groups in total. The smallest absolute Gasteiger partial charge is 0.192 e. The van der Waals surface area contributed by atoms with Crippen LogP contribution in [-0.4, -0.2) is 31.7 Å². The first-order chi connectivity index (χ1) is 10.6. The molecule has 2 rings (SSSR count). The number of ether oxygens (including phenoxy) is 1. The second-order valence-electron chi connectivity index (χ2n) is 7.87. The van der Waals surface area contributed by atoms with Crippen LogP contribution in [0.3, 0.4) is 0 Å². The zero-order chi connectivity index (χ0) is 17.3. The fraction of sp³-hybridized carbons (Fsp3) is 0.579. The third-order valence-electron chi connectivity index (χ3n) is 4.92. The topological polar surface area (TPSA) is 42.0 Å². The maximum atomic E-state index is 10.1. The molecule has 1 aromatic rings. The first-order valence-corrected chi connectivity index (χ1v) is 11.0. The molecular formula is C19H28O3Si. The molecule has 0 aliphatic carbocycles. The van der Waals surface area contributed by atoms with E-state index in [4.69, 9.17) is 9.16 Å². The Bertz CT molecular complexity index is 595. The van der Waals surface area contributed by atoms with Gasteiger partial charge >= 0.3 is 0 Å². The number of epoxide rings is 1. The highest BCUT2D eigenvalue weighted by atomic mass is 28.4. The summed E-state index contributed by atoms with van der Waals surface area (Å²) < 4.78 is 11.9. The lowest BCUT2D eigenvalue weighted by Gasteiger charge is -2.36. The van der Waals surface area contributed by atoms with E-state index in [1.807, 2.05) is 37.3 Å². The Morgan fingerprint density at radius 2 is 1.91 bits per heavy atom. The average molecular weight is 333 g/mol. The fourth-order valence-electron chi connectivity index (χ4n) is 2.00. The van der Waals surface area contributed by atoms with E-state index in [1.165, 1.54) is 0 Å². The van der Waals surface area contributed by atoms with Crippen molar-refractivity contribution >= 4 is 8.32 Å². The summed E-state index contributed by atoms with van der Waals surface area (Å²) in [7, 11) is -1.77. The van der Waals surface area contributed by atoms with Crippen molar-refractivity contribution in [3.63, 3.8) is 0 Å². The molecule has 0 bridgehead atoms. The van der Waals surface area contributed by atoms with Gasteiger partial charge in [0, 0.05) is 0 Å². The first-order valence-electron chi connectivity index (χ1n) is 8.13. The summed E-state index contributed by atoms with van der Waals surface area (Å²) in [6, 6.07) is 9.45. The lowest BCUT2D eigenvalue weighted by atomic mass is 10.1. The van der Waals surface area contributed by atoms with Crippen molar-refractivity contribution in [3.8, 4) is 11.8 Å². The maximum Gasteiger partial charge on any atom is 0.192 e. The largest absolute Gasteiger partial charge is 0.414 e. The average Bonchev–Trinajstić information content (AvgIpc) is 3.14. The van der Waals surface area contributed by atoms with Crippen LogP contribution in [0.2, 0.25) is 18.1 Å². The van der Waals surface area contributed by atoms with Gasteiger partial charge in [0.1, 0.15) is 12.2 Å². The van der Waals surface area contributed by atoms with Gasteiger partial charge in [-0.15, -0.1) is 0 Å². The number of rotatable bonds is 4. The molecular weight excluding hydrogens is 304 g/mol. The number of benzene rings is 1. The molecule has 1 aliphatic rings. The van der Waals surface area contributed by atoms with Crippen molar-refractivity contribution < 1.29 is 14.3 Å². The van der Waals surface area contributed by atoms with Crippen molar-refractivity contribution in [3.05, 3.63) is 35.9 Å². The van der Waals surface area contributed by atoms with Gasteiger partial charge in [-0.3, -0.25) is 0 Å². The summed E-state index contributed by atoms with van der Waals surface area (Å²) in [6.07, 6.45) is -0.786. The van der Waals surface area contributed by atoms with E-state index in [-0.39, 0.29) is 11.1 Å². The van der Waals surface area contributed by atoms with E-state index in [1.54, 1.807) is 0 Å². The van der Waals surface area contributed by atoms with E-state index in [0.717, 1.165) is 5.56 Å². The van der Waals surface area contributed by atoms with E-state index < -0.39 is 20.0 Å². The summed E-state index contributed by atoms with van der Waals surface area (Å²) in [5.41, 5.74) is 0.302. The predicted molar refractivity (Wildman–Crippen MR) is 95.6 cm³/mol. The SMILES string of the molecule is CC(C)(C)[Si](C)(C)OC[C@H]1O[C@@]1(C)C#CC(O)c1ccccc1.